The molecule has 0 atom stereocenters. The van der Waals surface area contributed by atoms with Gasteiger partial charge >= 0.3 is 0 Å². The predicted octanol–water partition coefficient (Wildman–Crippen LogP) is 3.10. The number of aliphatic hydroxyl groups excluding tert-OH is 2. The van der Waals surface area contributed by atoms with Crippen molar-refractivity contribution in [3.8, 4) is 0 Å². The van der Waals surface area contributed by atoms with Crippen molar-refractivity contribution in [2.75, 3.05) is 14.2 Å². The van der Waals surface area contributed by atoms with Crippen LogP contribution in [0.2, 0.25) is 0 Å². The molecule has 0 bridgehead atoms. The molecule has 2 rings (SSSR count). The summed E-state index contributed by atoms with van der Waals surface area (Å²) in [4.78, 5) is 0. The SMILES string of the molecule is CO.CO.Cc1c(C)c(C)c([BH2-]c2c(C)c(C)c(C)c(C)c2C)c(C)c1C.[Y]. The first-order valence-electron chi connectivity index (χ1n) is 9.89. The Balaban J connectivity index is 0. The third kappa shape index (κ3) is 5.78. The van der Waals surface area contributed by atoms with Gasteiger partial charge in [0.1, 0.15) is 0 Å². The Morgan fingerprint density at radius 3 is 0.679 bits per heavy atom. The van der Waals surface area contributed by atoms with Crippen LogP contribution in [0.1, 0.15) is 55.6 Å². The molecule has 2 N–H and O–H groups in total. The van der Waals surface area contributed by atoms with Crippen molar-refractivity contribution in [1.82, 2.24) is 0 Å². The number of aliphatic hydroxyl groups is 2. The van der Waals surface area contributed by atoms with Crippen molar-refractivity contribution in [2.45, 2.75) is 69.2 Å². The molecule has 0 aliphatic rings. The van der Waals surface area contributed by atoms with Gasteiger partial charge < -0.3 is 10.2 Å². The third-order valence-corrected chi connectivity index (χ3v) is 7.25. The quantitative estimate of drug-likeness (QED) is 0.677. The summed E-state index contributed by atoms with van der Waals surface area (Å²) in [5.41, 5.74) is 18.3. The minimum Gasteiger partial charge on any atom is -0.400 e. The summed E-state index contributed by atoms with van der Waals surface area (Å²) in [6.07, 6.45) is 0. The van der Waals surface area contributed by atoms with Gasteiger partial charge in [0.15, 0.2) is 0 Å². The fourth-order valence-electron chi connectivity index (χ4n) is 4.38. The molecule has 155 valence electrons. The van der Waals surface area contributed by atoms with E-state index in [1.165, 1.54) is 55.6 Å². The minimum atomic E-state index is -0.315. The second-order valence-electron chi connectivity index (χ2n) is 7.75. The van der Waals surface area contributed by atoms with E-state index >= 15 is 0 Å². The fourth-order valence-corrected chi connectivity index (χ4v) is 4.38. The topological polar surface area (TPSA) is 40.5 Å². The molecule has 0 aliphatic heterocycles. The average Bonchev–Trinajstić information content (AvgIpc) is 2.70. The van der Waals surface area contributed by atoms with Crippen LogP contribution in [0.5, 0.6) is 0 Å². The Bertz CT molecular complexity index is 686. The van der Waals surface area contributed by atoms with E-state index in [1.807, 2.05) is 0 Å². The van der Waals surface area contributed by atoms with Gasteiger partial charge in [0.05, 0.1) is 0 Å². The molecule has 0 fully saturated rings. The van der Waals surface area contributed by atoms with Crippen molar-refractivity contribution in [3.05, 3.63) is 55.6 Å². The monoisotopic (exact) mass is 460 g/mol. The zero-order valence-electron chi connectivity index (χ0n) is 20.5. The maximum atomic E-state index is 7.00. The zero-order chi connectivity index (χ0) is 21.6. The van der Waals surface area contributed by atoms with Crippen LogP contribution in [0, 0.1) is 69.2 Å². The van der Waals surface area contributed by atoms with Gasteiger partial charge in [-0.1, -0.05) is 22.3 Å². The Kier molecular flexibility index (Phi) is 13.8. The van der Waals surface area contributed by atoms with E-state index in [0.29, 0.717) is 0 Å². The summed E-state index contributed by atoms with van der Waals surface area (Å²) in [5.74, 6) is 0. The first-order chi connectivity index (χ1) is 12.6. The molecule has 0 saturated carbocycles. The van der Waals surface area contributed by atoms with Gasteiger partial charge in [0.2, 0.25) is 0 Å². The second kappa shape index (κ2) is 13.0. The Morgan fingerprint density at radius 1 is 0.357 bits per heavy atom. The van der Waals surface area contributed by atoms with Gasteiger partial charge in [-0.25, -0.2) is 10.9 Å². The molecule has 0 heterocycles. The molecule has 0 saturated heterocycles. The Morgan fingerprint density at radius 2 is 0.500 bits per heavy atom. The summed E-state index contributed by atoms with van der Waals surface area (Å²) < 4.78 is 0. The zero-order valence-corrected chi connectivity index (χ0v) is 23.3. The number of benzene rings is 2. The molecule has 2 aromatic rings. The molecular formula is C24H40BO2Y-. The molecule has 1 radical (unpaired) electrons. The van der Waals surface area contributed by atoms with Crippen molar-refractivity contribution < 1.29 is 42.9 Å². The first kappa shape index (κ1) is 29.7. The summed E-state index contributed by atoms with van der Waals surface area (Å²) in [7, 11) is 1.68. The third-order valence-electron chi connectivity index (χ3n) is 7.25. The molecule has 2 nitrogen and oxygen atoms in total. The molecule has 0 aliphatic carbocycles. The van der Waals surface area contributed by atoms with E-state index in [1.54, 1.807) is 10.9 Å². The molecule has 2 aromatic carbocycles. The number of hydrogen-bond acceptors (Lipinski definition) is 2. The first-order valence-corrected chi connectivity index (χ1v) is 9.89. The van der Waals surface area contributed by atoms with Crippen LogP contribution in [0.15, 0.2) is 0 Å². The van der Waals surface area contributed by atoms with Gasteiger partial charge in [-0.15, -0.1) is 0 Å². The van der Waals surface area contributed by atoms with Gasteiger partial charge in [-0.3, -0.25) is 0 Å². The van der Waals surface area contributed by atoms with Crippen molar-refractivity contribution in [1.29, 1.82) is 0 Å². The number of hydrogen-bond donors (Lipinski definition) is 2. The van der Waals surface area contributed by atoms with Crippen LogP contribution >= 0.6 is 0 Å². The summed E-state index contributed by atoms with van der Waals surface area (Å²) >= 11 is 0. The van der Waals surface area contributed by atoms with E-state index in [4.69, 9.17) is 10.2 Å². The van der Waals surface area contributed by atoms with Crippen LogP contribution in [0.4, 0.5) is 0 Å². The standard InChI is InChI=1S/C22H32B.2CH4O.Y/c1-11-13(3)17(7)21(18(8)14(11)4)23-22-19(9)15(5)12(2)16(6)20(22)10;2*1-2;/h23H2,1-10H3;2*2H,1H3;/q-1;;;. The van der Waals surface area contributed by atoms with E-state index < -0.39 is 0 Å². The van der Waals surface area contributed by atoms with Crippen LogP contribution < -0.4 is 10.9 Å². The molecule has 0 spiro atoms. The normalized spacial score (nSPS) is 9.64. The molecule has 4 heteroatoms. The van der Waals surface area contributed by atoms with Gasteiger partial charge in [0.25, 0.3) is 0 Å². The van der Waals surface area contributed by atoms with Gasteiger partial charge in [0, 0.05) is 54.2 Å². The van der Waals surface area contributed by atoms with Crippen LogP contribution in [0.3, 0.4) is 0 Å². The van der Waals surface area contributed by atoms with E-state index in [2.05, 4.69) is 69.2 Å². The number of rotatable bonds is 2. The summed E-state index contributed by atoms with van der Waals surface area (Å²) in [6, 6.07) is 0. The fraction of sp³-hybridized carbons (Fsp3) is 0.500. The van der Waals surface area contributed by atoms with E-state index in [9.17, 15) is 0 Å². The summed E-state index contributed by atoms with van der Waals surface area (Å²) in [5, 5.41) is 14.0. The average molecular weight is 460 g/mol. The van der Waals surface area contributed by atoms with Gasteiger partial charge in [-0.05, 0) is 103 Å². The minimum absolute atomic E-state index is 0. The van der Waals surface area contributed by atoms with Crippen LogP contribution in [0.25, 0.3) is 0 Å². The maximum absolute atomic E-state index is 7.00. The molecular weight excluding hydrogens is 420 g/mol. The largest absolute Gasteiger partial charge is 0.400 e. The van der Waals surface area contributed by atoms with Crippen molar-refractivity contribution >= 4 is 18.2 Å². The molecule has 0 unspecified atom stereocenters. The van der Waals surface area contributed by atoms with E-state index in [0.717, 1.165) is 14.2 Å². The van der Waals surface area contributed by atoms with Crippen LogP contribution in [-0.2, 0) is 32.7 Å². The second-order valence-corrected chi connectivity index (χ2v) is 7.75. The summed E-state index contributed by atoms with van der Waals surface area (Å²) in [6.45, 7) is 23.0. The maximum Gasteiger partial charge on any atom is 0.0319 e. The van der Waals surface area contributed by atoms with Crippen molar-refractivity contribution in [3.63, 3.8) is 0 Å². The van der Waals surface area contributed by atoms with Crippen molar-refractivity contribution in [2.24, 2.45) is 0 Å². The molecule has 0 aromatic heterocycles. The molecule has 28 heavy (non-hydrogen) atoms. The Labute approximate surface area is 199 Å². The van der Waals surface area contributed by atoms with Gasteiger partial charge in [-0.2, -0.15) is 0 Å². The van der Waals surface area contributed by atoms with E-state index in [-0.39, 0.29) is 40.0 Å². The molecule has 0 amide bonds. The Hall–Kier alpha value is -0.471. The smallest absolute Gasteiger partial charge is 0.0319 e. The predicted molar refractivity (Wildman–Crippen MR) is 124 cm³/mol. The van der Waals surface area contributed by atoms with Crippen LogP contribution in [-0.4, -0.2) is 31.7 Å².